The minimum Gasteiger partial charge on any atom is -0.370 e. The summed E-state index contributed by atoms with van der Waals surface area (Å²) in [6, 6.07) is 4.48. The zero-order valence-corrected chi connectivity index (χ0v) is 22.3. The van der Waals surface area contributed by atoms with Gasteiger partial charge in [0.1, 0.15) is 29.2 Å². The molecule has 2 atom stereocenters. The quantitative estimate of drug-likeness (QED) is 0.437. The van der Waals surface area contributed by atoms with Crippen molar-refractivity contribution in [2.75, 3.05) is 45.7 Å². The third-order valence-electron chi connectivity index (χ3n) is 7.51. The molecule has 1 saturated heterocycles. The van der Waals surface area contributed by atoms with E-state index in [2.05, 4.69) is 24.8 Å². The number of fused-ring (bicyclic) bond motifs is 3. The summed E-state index contributed by atoms with van der Waals surface area (Å²) in [5, 5.41) is 3.84. The number of rotatable bonds is 7. The number of ether oxygens (including phenoxy) is 1. The van der Waals surface area contributed by atoms with Gasteiger partial charge in [-0.15, -0.1) is 0 Å². The molecule has 1 aromatic carbocycles. The zero-order valence-electron chi connectivity index (χ0n) is 22.3. The van der Waals surface area contributed by atoms with Crippen molar-refractivity contribution in [1.29, 1.82) is 0 Å². The van der Waals surface area contributed by atoms with Crippen LogP contribution in [0.5, 0.6) is 0 Å². The summed E-state index contributed by atoms with van der Waals surface area (Å²) in [5.41, 5.74) is 0.281. The molecular formula is C27H32F4N6O2. The first-order chi connectivity index (χ1) is 18.4. The fourth-order valence-electron chi connectivity index (χ4n) is 5.42. The first-order valence-electron chi connectivity index (χ1n) is 13.0. The monoisotopic (exact) mass is 548 g/mol. The van der Waals surface area contributed by atoms with Crippen LogP contribution < -0.4 is 5.32 Å². The van der Waals surface area contributed by atoms with Crippen LogP contribution in [-0.2, 0) is 22.3 Å². The molecule has 4 heterocycles. The Bertz CT molecular complexity index is 1380. The van der Waals surface area contributed by atoms with Crippen LogP contribution in [0.4, 0.5) is 23.4 Å². The third-order valence-corrected chi connectivity index (χ3v) is 7.51. The Labute approximate surface area is 223 Å². The molecule has 3 aromatic rings. The van der Waals surface area contributed by atoms with Gasteiger partial charge in [0.25, 0.3) is 0 Å². The highest BCUT2D eigenvalue weighted by molar-refractivity contribution is 5.89. The molecule has 0 saturated carbocycles. The van der Waals surface area contributed by atoms with Crippen LogP contribution in [0.25, 0.3) is 11.0 Å². The van der Waals surface area contributed by atoms with Gasteiger partial charge < -0.3 is 24.4 Å². The number of benzene rings is 1. The molecule has 2 aromatic heterocycles. The van der Waals surface area contributed by atoms with Gasteiger partial charge in [-0.25, -0.2) is 14.4 Å². The number of anilines is 1. The second-order valence-electron chi connectivity index (χ2n) is 10.5. The van der Waals surface area contributed by atoms with E-state index in [4.69, 9.17) is 4.74 Å². The molecule has 210 valence electrons. The molecule has 5 rings (SSSR count). The number of nitrogens with zero attached hydrogens (tertiary/aromatic N) is 5. The van der Waals surface area contributed by atoms with E-state index < -0.39 is 23.6 Å². The van der Waals surface area contributed by atoms with Crippen molar-refractivity contribution in [2.45, 2.75) is 45.1 Å². The number of halogens is 4. The van der Waals surface area contributed by atoms with Gasteiger partial charge in [0.2, 0.25) is 5.91 Å². The van der Waals surface area contributed by atoms with E-state index in [1.165, 1.54) is 12.1 Å². The topological polar surface area (TPSA) is 75.5 Å². The van der Waals surface area contributed by atoms with Gasteiger partial charge in [0.15, 0.2) is 0 Å². The molecule has 12 heteroatoms. The molecule has 0 aliphatic carbocycles. The summed E-state index contributed by atoms with van der Waals surface area (Å²) in [4.78, 5) is 24.9. The van der Waals surface area contributed by atoms with Crippen LogP contribution in [0.15, 0.2) is 24.3 Å². The van der Waals surface area contributed by atoms with Crippen molar-refractivity contribution >= 4 is 22.8 Å². The summed E-state index contributed by atoms with van der Waals surface area (Å²) < 4.78 is 62.9. The highest BCUT2D eigenvalue weighted by Crippen LogP contribution is 2.40. The highest BCUT2D eigenvalue weighted by Gasteiger charge is 2.39. The summed E-state index contributed by atoms with van der Waals surface area (Å²) in [6.45, 7) is 6.81. The normalized spacial score (nSPS) is 19.0. The van der Waals surface area contributed by atoms with Crippen LogP contribution in [0.1, 0.15) is 48.1 Å². The van der Waals surface area contributed by atoms with E-state index in [0.717, 1.165) is 24.8 Å². The average molecular weight is 549 g/mol. The Kier molecular flexibility index (Phi) is 7.27. The lowest BCUT2D eigenvalue weighted by atomic mass is 9.90. The SMILES string of the molecule is Cc1nc(N[C@H](C)c2cccc(C(F)(F)F)c2F)c2cc3n(c2n1)CCOC3C1CN(CCC(=O)N(C)C)C1. The van der Waals surface area contributed by atoms with Gasteiger partial charge in [0.05, 0.1) is 23.6 Å². The van der Waals surface area contributed by atoms with Gasteiger partial charge in [-0.3, -0.25) is 4.79 Å². The Balaban J connectivity index is 1.38. The fourth-order valence-corrected chi connectivity index (χ4v) is 5.42. The molecule has 1 N–H and O–H groups in total. The number of nitrogens with one attached hydrogen (secondary N) is 1. The van der Waals surface area contributed by atoms with E-state index in [0.29, 0.717) is 48.8 Å². The first kappa shape index (κ1) is 27.3. The van der Waals surface area contributed by atoms with E-state index in [1.807, 2.05) is 6.07 Å². The number of carbonyl (C=O) groups is 1. The molecule has 1 amide bonds. The highest BCUT2D eigenvalue weighted by atomic mass is 19.4. The largest absolute Gasteiger partial charge is 0.419 e. The Morgan fingerprint density at radius 2 is 2.00 bits per heavy atom. The number of alkyl halides is 3. The average Bonchev–Trinajstić information content (AvgIpc) is 3.21. The number of likely N-dealkylation sites (tertiary alicyclic amines) is 1. The Morgan fingerprint density at radius 1 is 1.26 bits per heavy atom. The minimum absolute atomic E-state index is 0.0956. The summed E-state index contributed by atoms with van der Waals surface area (Å²) in [5.74, 6) is -0.0171. The second kappa shape index (κ2) is 10.4. The van der Waals surface area contributed by atoms with Crippen molar-refractivity contribution in [3.63, 3.8) is 0 Å². The van der Waals surface area contributed by atoms with Crippen LogP contribution in [0.3, 0.4) is 0 Å². The predicted octanol–water partition coefficient (Wildman–Crippen LogP) is 4.55. The molecule has 8 nitrogen and oxygen atoms in total. The summed E-state index contributed by atoms with van der Waals surface area (Å²) in [6.07, 6.45) is -4.46. The number of aryl methyl sites for hydroxylation is 1. The number of hydrogen-bond donors (Lipinski definition) is 1. The minimum atomic E-state index is -4.78. The Morgan fingerprint density at radius 3 is 2.69 bits per heavy atom. The molecule has 1 fully saturated rings. The second-order valence-corrected chi connectivity index (χ2v) is 10.5. The number of carbonyl (C=O) groups excluding carboxylic acids is 1. The maximum atomic E-state index is 14.8. The van der Waals surface area contributed by atoms with Gasteiger partial charge >= 0.3 is 6.18 Å². The fraction of sp³-hybridized carbons (Fsp3) is 0.519. The van der Waals surface area contributed by atoms with Crippen molar-refractivity contribution in [3.05, 3.63) is 52.7 Å². The van der Waals surface area contributed by atoms with Crippen molar-refractivity contribution < 1.29 is 27.1 Å². The Hall–Kier alpha value is -3.25. The number of amides is 1. The molecule has 2 aliphatic rings. The van der Waals surface area contributed by atoms with Gasteiger partial charge in [-0.1, -0.05) is 12.1 Å². The van der Waals surface area contributed by atoms with Crippen LogP contribution in [0.2, 0.25) is 0 Å². The van der Waals surface area contributed by atoms with Crippen LogP contribution in [0, 0.1) is 18.7 Å². The molecule has 0 bridgehead atoms. The maximum absolute atomic E-state index is 14.8. The van der Waals surface area contributed by atoms with E-state index in [9.17, 15) is 22.4 Å². The van der Waals surface area contributed by atoms with Gasteiger partial charge in [-0.05, 0) is 26.0 Å². The lowest BCUT2D eigenvalue weighted by Crippen LogP contribution is -2.51. The number of aromatic nitrogens is 3. The maximum Gasteiger partial charge on any atom is 0.419 e. The van der Waals surface area contributed by atoms with Crippen molar-refractivity contribution in [1.82, 2.24) is 24.3 Å². The molecule has 0 spiro atoms. The van der Waals surface area contributed by atoms with Crippen molar-refractivity contribution in [3.8, 4) is 0 Å². The van der Waals surface area contributed by atoms with Crippen LogP contribution >= 0.6 is 0 Å². The standard InChI is InChI=1S/C27H32F4N6O2/c1-15(18-6-5-7-20(23(18)28)27(29,30)31)32-25-19-12-21-24(17-13-36(14-17)9-8-22(38)35(3)4)39-11-10-37(21)26(19)34-16(2)33-25/h5-7,12,15,17,24H,8-11,13-14H2,1-4H3,(H,32,33,34)/t15-,24?/m1/s1. The van der Waals surface area contributed by atoms with Gasteiger partial charge in [0, 0.05) is 63.9 Å². The van der Waals surface area contributed by atoms with E-state index in [1.54, 1.807) is 32.8 Å². The molecule has 0 radical (unpaired) electrons. The van der Waals surface area contributed by atoms with Crippen molar-refractivity contribution in [2.24, 2.45) is 5.92 Å². The number of hydrogen-bond acceptors (Lipinski definition) is 6. The first-order valence-corrected chi connectivity index (χ1v) is 13.0. The third kappa shape index (κ3) is 5.31. The van der Waals surface area contributed by atoms with E-state index in [-0.39, 0.29) is 23.5 Å². The lowest BCUT2D eigenvalue weighted by molar-refractivity contribution is -0.140. The molecule has 2 aliphatic heterocycles. The summed E-state index contributed by atoms with van der Waals surface area (Å²) >= 11 is 0. The summed E-state index contributed by atoms with van der Waals surface area (Å²) in [7, 11) is 3.50. The van der Waals surface area contributed by atoms with Gasteiger partial charge in [-0.2, -0.15) is 13.2 Å². The smallest absolute Gasteiger partial charge is 0.370 e. The zero-order chi connectivity index (χ0) is 28.1. The lowest BCUT2D eigenvalue weighted by Gasteiger charge is -2.44. The van der Waals surface area contributed by atoms with Crippen LogP contribution in [-0.4, -0.2) is 70.6 Å². The molecular weight excluding hydrogens is 516 g/mol. The molecule has 39 heavy (non-hydrogen) atoms. The molecule has 1 unspecified atom stereocenters. The predicted molar refractivity (Wildman–Crippen MR) is 138 cm³/mol. The van der Waals surface area contributed by atoms with E-state index >= 15 is 0 Å².